The summed E-state index contributed by atoms with van der Waals surface area (Å²) in [6.07, 6.45) is 4.89. The average Bonchev–Trinajstić information content (AvgIpc) is 3.49. The fourth-order valence-electron chi connectivity index (χ4n) is 6.80. The number of benzene rings is 2. The largest absolute Gasteiger partial charge is 0.489 e. The molecule has 3 atom stereocenters. The molecule has 2 aromatic heterocycles. The molecule has 0 amide bonds. The molecule has 50 heavy (non-hydrogen) atoms. The number of rotatable bonds is 4. The molecule has 0 saturated carbocycles. The zero-order valence-corrected chi connectivity index (χ0v) is 31.1. The molecule has 0 spiro atoms. The molecule has 7 rings (SSSR count). The molecule has 5 heterocycles. The lowest BCUT2D eigenvalue weighted by Crippen LogP contribution is -2.45. The van der Waals surface area contributed by atoms with E-state index in [1.54, 1.807) is 0 Å². The molecule has 2 unspecified atom stereocenters. The van der Waals surface area contributed by atoms with Gasteiger partial charge in [-0.1, -0.05) is 48.9 Å². The van der Waals surface area contributed by atoms with E-state index in [2.05, 4.69) is 87.2 Å². The number of carbonyl (C=O) groups excluding carboxylic acids is 1. The lowest BCUT2D eigenvalue weighted by atomic mass is 9.92. The van der Waals surface area contributed by atoms with Gasteiger partial charge >= 0.3 is 5.97 Å². The monoisotopic (exact) mass is 680 g/mol. The quantitative estimate of drug-likeness (QED) is 0.157. The highest BCUT2D eigenvalue weighted by Gasteiger charge is 2.38. The van der Waals surface area contributed by atoms with Gasteiger partial charge in [-0.15, -0.1) is 0 Å². The van der Waals surface area contributed by atoms with Crippen LogP contribution in [0.3, 0.4) is 0 Å². The Bertz CT molecular complexity index is 1880. The van der Waals surface area contributed by atoms with Crippen molar-refractivity contribution in [2.45, 2.75) is 98.6 Å². The van der Waals surface area contributed by atoms with Crippen molar-refractivity contribution in [2.75, 3.05) is 31.2 Å². The molecule has 266 valence electrons. The Kier molecular flexibility index (Phi) is 10.1. The first-order chi connectivity index (χ1) is 23.7. The van der Waals surface area contributed by atoms with Gasteiger partial charge < -0.3 is 23.8 Å². The van der Waals surface area contributed by atoms with Crippen LogP contribution in [0.25, 0.3) is 28.0 Å². The minimum atomic E-state index is -0.984. The second-order valence-corrected chi connectivity index (χ2v) is 15.0. The summed E-state index contributed by atoms with van der Waals surface area (Å²) in [6.45, 7) is 20.4. The first-order valence-corrected chi connectivity index (χ1v) is 17.9. The van der Waals surface area contributed by atoms with Crippen molar-refractivity contribution >= 4 is 17.4 Å². The zero-order chi connectivity index (χ0) is 35.8. The number of nitrogens with zero attached hydrogens (tertiary/aromatic N) is 4. The van der Waals surface area contributed by atoms with Crippen molar-refractivity contribution in [3.63, 3.8) is 0 Å². The molecular formula is C41H52N4O5. The van der Waals surface area contributed by atoms with Crippen molar-refractivity contribution in [1.82, 2.24) is 14.6 Å². The molecular weight excluding hydrogens is 628 g/mol. The van der Waals surface area contributed by atoms with E-state index < -0.39 is 17.7 Å². The van der Waals surface area contributed by atoms with E-state index in [0.29, 0.717) is 36.6 Å². The molecule has 0 N–H and O–H groups in total. The molecule has 3 aliphatic heterocycles. The van der Waals surface area contributed by atoms with Crippen molar-refractivity contribution in [2.24, 2.45) is 5.92 Å². The van der Waals surface area contributed by atoms with Gasteiger partial charge in [-0.2, -0.15) is 9.61 Å². The van der Waals surface area contributed by atoms with Crippen LogP contribution in [0.2, 0.25) is 0 Å². The topological polar surface area (TPSA) is 87.4 Å². The van der Waals surface area contributed by atoms with Crippen LogP contribution in [0.5, 0.6) is 5.75 Å². The highest BCUT2D eigenvalue weighted by molar-refractivity contribution is 5.81. The molecule has 9 heteroatoms. The van der Waals surface area contributed by atoms with Gasteiger partial charge in [0.15, 0.2) is 11.8 Å². The summed E-state index contributed by atoms with van der Waals surface area (Å²) in [7, 11) is 0. The Labute approximate surface area is 296 Å². The van der Waals surface area contributed by atoms with Crippen LogP contribution < -0.4 is 9.64 Å². The summed E-state index contributed by atoms with van der Waals surface area (Å²) < 4.78 is 27.1. The van der Waals surface area contributed by atoms with Crippen LogP contribution >= 0.6 is 0 Å². The predicted octanol–water partition coefficient (Wildman–Crippen LogP) is 8.45. The Morgan fingerprint density at radius 3 is 2.52 bits per heavy atom. The van der Waals surface area contributed by atoms with E-state index in [1.165, 1.54) is 0 Å². The maximum Gasteiger partial charge on any atom is 0.340 e. The average molecular weight is 681 g/mol. The van der Waals surface area contributed by atoms with E-state index in [-0.39, 0.29) is 24.2 Å². The summed E-state index contributed by atoms with van der Waals surface area (Å²) in [5.41, 5.74) is 6.11. The number of carbonyl (C=O) groups is 1. The van der Waals surface area contributed by atoms with Gasteiger partial charge in [0.05, 0.1) is 35.7 Å². The number of esters is 1. The number of piperidine rings is 1. The summed E-state index contributed by atoms with van der Waals surface area (Å²) in [5, 5.41) is 5.21. The third-order valence-corrected chi connectivity index (χ3v) is 9.78. The Morgan fingerprint density at radius 1 is 1.06 bits per heavy atom. The molecule has 0 radical (unpaired) electrons. The fourth-order valence-corrected chi connectivity index (χ4v) is 6.80. The van der Waals surface area contributed by atoms with Crippen LogP contribution in [0.15, 0.2) is 60.7 Å². The Hall–Kier alpha value is -4.21. The third-order valence-electron chi connectivity index (χ3n) is 9.78. The molecule has 1 fully saturated rings. The van der Waals surface area contributed by atoms with E-state index in [1.807, 2.05) is 45.2 Å². The first kappa shape index (κ1) is 35.6. The van der Waals surface area contributed by atoms with E-state index in [4.69, 9.17) is 29.0 Å². The fraction of sp³-hybridized carbons (Fsp3) is 0.488. The first-order valence-electron chi connectivity index (χ1n) is 17.9. The van der Waals surface area contributed by atoms with Crippen LogP contribution in [-0.2, 0) is 19.0 Å². The van der Waals surface area contributed by atoms with E-state index in [9.17, 15) is 4.79 Å². The van der Waals surface area contributed by atoms with E-state index >= 15 is 0 Å². The van der Waals surface area contributed by atoms with Gasteiger partial charge in [-0.3, -0.25) is 0 Å². The summed E-state index contributed by atoms with van der Waals surface area (Å²) >= 11 is 0. The number of fused-ring (bicyclic) bond motifs is 7. The lowest BCUT2D eigenvalue weighted by molar-refractivity contribution is -0.166. The van der Waals surface area contributed by atoms with Crippen molar-refractivity contribution < 1.29 is 23.7 Å². The number of hydrogen-bond acceptors (Lipinski definition) is 8. The van der Waals surface area contributed by atoms with Gasteiger partial charge in [-0.25, -0.2) is 9.78 Å². The SMILES string of the molecule is CCOC(=O)[C@@H](OC(C)(C)C)c1c(C)nc2cc3nn2c1N1CCC(C)(CC1)OC/C=C\C(C)C(C)Oc1ccc(C)cc1-c1cccc-3c1. The van der Waals surface area contributed by atoms with Gasteiger partial charge in [-0.05, 0) is 92.0 Å². The second-order valence-electron chi connectivity index (χ2n) is 15.0. The zero-order valence-electron chi connectivity index (χ0n) is 31.1. The molecule has 0 aliphatic carbocycles. The second kappa shape index (κ2) is 14.2. The van der Waals surface area contributed by atoms with Crippen LogP contribution in [-0.4, -0.2) is 64.2 Å². The van der Waals surface area contributed by atoms with Gasteiger partial charge in [0.2, 0.25) is 0 Å². The van der Waals surface area contributed by atoms with Gasteiger partial charge in [0.1, 0.15) is 17.7 Å². The maximum absolute atomic E-state index is 13.7. The Balaban J connectivity index is 1.56. The number of ether oxygens (including phenoxy) is 4. The molecule has 4 aromatic rings. The predicted molar refractivity (Wildman–Crippen MR) is 198 cm³/mol. The summed E-state index contributed by atoms with van der Waals surface area (Å²) in [5.74, 6) is 1.38. The van der Waals surface area contributed by atoms with Crippen molar-refractivity contribution in [3.05, 3.63) is 77.5 Å². The van der Waals surface area contributed by atoms with Crippen LogP contribution in [0.4, 0.5) is 5.82 Å². The highest BCUT2D eigenvalue weighted by Crippen LogP contribution is 2.40. The summed E-state index contributed by atoms with van der Waals surface area (Å²) in [4.78, 5) is 21.0. The number of aromatic nitrogens is 3. The number of anilines is 1. The lowest BCUT2D eigenvalue weighted by Gasteiger charge is -2.41. The molecule has 1 saturated heterocycles. The van der Waals surface area contributed by atoms with Crippen LogP contribution in [0.1, 0.15) is 84.2 Å². The minimum absolute atomic E-state index is 0.0404. The molecule has 3 aliphatic rings. The van der Waals surface area contributed by atoms with Crippen molar-refractivity contribution in [1.29, 1.82) is 0 Å². The standard InChI is InChI=1S/C41H52N4O5/c1-10-47-39(46)37(50-40(6,7)8)36-28(4)42-35-25-33-31-15-11-14-30(24-31)32-23-26(2)16-17-34(32)49-29(5)27(3)13-12-22-48-41(9)18-20-44(21-19-41)38(36)45(35)43-33/h11-17,23-25,27,29,37H,10,18-22H2,1-9H3/b13-12-/t27?,29?,37-/m0/s1. The smallest absolute Gasteiger partial charge is 0.340 e. The molecule has 6 bridgehead atoms. The highest BCUT2D eigenvalue weighted by atomic mass is 16.6. The van der Waals surface area contributed by atoms with Crippen molar-refractivity contribution in [3.8, 4) is 28.1 Å². The summed E-state index contributed by atoms with van der Waals surface area (Å²) in [6, 6.07) is 16.8. The third kappa shape index (κ3) is 7.59. The maximum atomic E-state index is 13.7. The van der Waals surface area contributed by atoms with Gasteiger partial charge in [0, 0.05) is 41.9 Å². The number of aryl methyl sites for hydroxylation is 2. The minimum Gasteiger partial charge on any atom is -0.489 e. The Morgan fingerprint density at radius 2 is 1.80 bits per heavy atom. The molecule has 2 aromatic carbocycles. The number of hydrogen-bond donors (Lipinski definition) is 0. The van der Waals surface area contributed by atoms with Gasteiger partial charge in [0.25, 0.3) is 0 Å². The van der Waals surface area contributed by atoms with Crippen LogP contribution in [0, 0.1) is 19.8 Å². The molecule has 9 nitrogen and oxygen atoms in total. The van der Waals surface area contributed by atoms with E-state index in [0.717, 1.165) is 52.4 Å². The normalized spacial score (nSPS) is 22.5.